The van der Waals surface area contributed by atoms with Crippen molar-refractivity contribution in [2.75, 3.05) is 18.5 Å². The largest absolute Gasteiger partial charge is 0.394 e. The molecule has 1 aromatic rings. The summed E-state index contributed by atoms with van der Waals surface area (Å²) >= 11 is 3.34. The van der Waals surface area contributed by atoms with Crippen LogP contribution in [0.15, 0.2) is 28.7 Å². The van der Waals surface area contributed by atoms with Crippen LogP contribution in [0.2, 0.25) is 0 Å². The molecule has 1 atom stereocenters. The van der Waals surface area contributed by atoms with E-state index in [9.17, 15) is 0 Å². The van der Waals surface area contributed by atoms with Crippen LogP contribution < -0.4 is 11.1 Å². The quantitative estimate of drug-likeness (QED) is 0.746. The van der Waals surface area contributed by atoms with Gasteiger partial charge in [-0.15, -0.1) is 0 Å². The number of halogens is 1. The number of aliphatic hydroxyl groups excluding tert-OH is 1. The van der Waals surface area contributed by atoms with Crippen LogP contribution in [0.25, 0.3) is 0 Å². The van der Waals surface area contributed by atoms with Gasteiger partial charge in [-0.1, -0.05) is 15.9 Å². The van der Waals surface area contributed by atoms with Crippen molar-refractivity contribution in [2.45, 2.75) is 6.04 Å². The first-order chi connectivity index (χ1) is 6.26. The van der Waals surface area contributed by atoms with Crippen molar-refractivity contribution < 1.29 is 5.11 Å². The molecule has 0 aliphatic heterocycles. The van der Waals surface area contributed by atoms with Gasteiger partial charge in [-0.3, -0.25) is 0 Å². The van der Waals surface area contributed by atoms with Gasteiger partial charge in [0.05, 0.1) is 12.6 Å². The lowest BCUT2D eigenvalue weighted by molar-refractivity contribution is 0.276. The second-order valence-corrected chi connectivity index (χ2v) is 3.68. The molecule has 0 spiro atoms. The first-order valence-electron chi connectivity index (χ1n) is 4.09. The third-order valence-electron chi connectivity index (χ3n) is 1.72. The molecule has 3 nitrogen and oxygen atoms in total. The minimum atomic E-state index is -0.0684. The Kier molecular flexibility index (Phi) is 4.21. The highest BCUT2D eigenvalue weighted by Crippen LogP contribution is 2.14. The zero-order chi connectivity index (χ0) is 9.68. The van der Waals surface area contributed by atoms with Gasteiger partial charge in [0.25, 0.3) is 0 Å². The summed E-state index contributed by atoms with van der Waals surface area (Å²) in [4.78, 5) is 0. The fourth-order valence-electron chi connectivity index (χ4n) is 0.961. The molecule has 0 aromatic heterocycles. The average Bonchev–Trinajstić information content (AvgIpc) is 2.17. The van der Waals surface area contributed by atoms with Crippen LogP contribution in [0.1, 0.15) is 0 Å². The molecular formula is C9H13BrN2O. The molecule has 0 saturated heterocycles. The predicted octanol–water partition coefficient (Wildman–Crippen LogP) is 1.18. The van der Waals surface area contributed by atoms with Crippen molar-refractivity contribution in [1.29, 1.82) is 0 Å². The Morgan fingerprint density at radius 3 is 2.46 bits per heavy atom. The summed E-state index contributed by atoms with van der Waals surface area (Å²) in [6, 6.07) is 7.67. The molecule has 13 heavy (non-hydrogen) atoms. The fourth-order valence-corrected chi connectivity index (χ4v) is 1.23. The number of nitrogens with two attached hydrogens (primary N) is 1. The second kappa shape index (κ2) is 5.21. The number of hydrogen-bond acceptors (Lipinski definition) is 3. The summed E-state index contributed by atoms with van der Waals surface area (Å²) in [5, 5.41) is 12.0. The van der Waals surface area contributed by atoms with Gasteiger partial charge in [0.1, 0.15) is 0 Å². The van der Waals surface area contributed by atoms with E-state index in [0.29, 0.717) is 6.54 Å². The van der Waals surface area contributed by atoms with Crippen molar-refractivity contribution in [1.82, 2.24) is 0 Å². The standard InChI is InChI=1S/C9H13BrN2O/c10-7-1-3-8(4-2-7)12-9(5-11)6-13/h1-4,9,12-13H,5-6,11H2. The zero-order valence-electron chi connectivity index (χ0n) is 7.20. The summed E-state index contributed by atoms with van der Waals surface area (Å²) in [5.41, 5.74) is 6.39. The Hall–Kier alpha value is -0.580. The first kappa shape index (κ1) is 10.5. The highest BCUT2D eigenvalue weighted by molar-refractivity contribution is 9.10. The third kappa shape index (κ3) is 3.34. The van der Waals surface area contributed by atoms with E-state index in [4.69, 9.17) is 10.8 Å². The van der Waals surface area contributed by atoms with Gasteiger partial charge in [-0.05, 0) is 24.3 Å². The molecule has 0 aliphatic carbocycles. The average molecular weight is 245 g/mol. The van der Waals surface area contributed by atoms with Crippen LogP contribution in [0, 0.1) is 0 Å². The molecule has 4 heteroatoms. The Labute approximate surface area is 86.1 Å². The molecule has 1 unspecified atom stereocenters. The lowest BCUT2D eigenvalue weighted by atomic mass is 10.2. The minimum absolute atomic E-state index is 0.0482. The van der Waals surface area contributed by atoms with Crippen molar-refractivity contribution in [2.24, 2.45) is 5.73 Å². The number of aliphatic hydroxyl groups is 1. The molecule has 1 aromatic carbocycles. The van der Waals surface area contributed by atoms with E-state index < -0.39 is 0 Å². The number of benzene rings is 1. The van der Waals surface area contributed by atoms with E-state index in [1.165, 1.54) is 0 Å². The fraction of sp³-hybridized carbons (Fsp3) is 0.333. The highest BCUT2D eigenvalue weighted by atomic mass is 79.9. The Balaban J connectivity index is 2.58. The van der Waals surface area contributed by atoms with E-state index in [-0.39, 0.29) is 12.6 Å². The molecule has 72 valence electrons. The van der Waals surface area contributed by atoms with E-state index >= 15 is 0 Å². The van der Waals surface area contributed by atoms with Gasteiger partial charge in [0.2, 0.25) is 0 Å². The van der Waals surface area contributed by atoms with Gasteiger partial charge in [-0.2, -0.15) is 0 Å². The first-order valence-corrected chi connectivity index (χ1v) is 4.88. The lowest BCUT2D eigenvalue weighted by Crippen LogP contribution is -2.32. The summed E-state index contributed by atoms with van der Waals surface area (Å²) in [5.74, 6) is 0. The maximum absolute atomic E-state index is 8.89. The van der Waals surface area contributed by atoms with Crippen LogP contribution in [-0.4, -0.2) is 24.3 Å². The van der Waals surface area contributed by atoms with Crippen molar-refractivity contribution >= 4 is 21.6 Å². The molecule has 0 radical (unpaired) electrons. The second-order valence-electron chi connectivity index (χ2n) is 2.77. The van der Waals surface area contributed by atoms with Crippen LogP contribution >= 0.6 is 15.9 Å². The van der Waals surface area contributed by atoms with Crippen LogP contribution in [-0.2, 0) is 0 Å². The molecule has 0 saturated carbocycles. The minimum Gasteiger partial charge on any atom is -0.394 e. The topological polar surface area (TPSA) is 58.3 Å². The zero-order valence-corrected chi connectivity index (χ0v) is 8.79. The maximum atomic E-state index is 8.89. The van der Waals surface area contributed by atoms with E-state index in [2.05, 4.69) is 21.2 Å². The Morgan fingerprint density at radius 1 is 1.38 bits per heavy atom. The van der Waals surface area contributed by atoms with E-state index in [0.717, 1.165) is 10.2 Å². The molecule has 1 rings (SSSR count). The van der Waals surface area contributed by atoms with Gasteiger partial charge in [0.15, 0.2) is 0 Å². The normalized spacial score (nSPS) is 12.5. The van der Waals surface area contributed by atoms with Gasteiger partial charge >= 0.3 is 0 Å². The monoisotopic (exact) mass is 244 g/mol. The molecule has 0 amide bonds. The number of rotatable bonds is 4. The summed E-state index contributed by atoms with van der Waals surface area (Å²) in [7, 11) is 0. The Morgan fingerprint density at radius 2 is 2.00 bits per heavy atom. The summed E-state index contributed by atoms with van der Waals surface area (Å²) in [6.07, 6.45) is 0. The molecular weight excluding hydrogens is 232 g/mol. The molecule has 0 aliphatic rings. The van der Waals surface area contributed by atoms with Crippen molar-refractivity contribution in [3.8, 4) is 0 Å². The van der Waals surface area contributed by atoms with Crippen LogP contribution in [0.3, 0.4) is 0 Å². The van der Waals surface area contributed by atoms with Crippen LogP contribution in [0.4, 0.5) is 5.69 Å². The van der Waals surface area contributed by atoms with Crippen molar-refractivity contribution in [3.05, 3.63) is 28.7 Å². The number of hydrogen-bond donors (Lipinski definition) is 3. The molecule has 0 bridgehead atoms. The Bertz CT molecular complexity index is 246. The highest BCUT2D eigenvalue weighted by Gasteiger charge is 2.03. The van der Waals surface area contributed by atoms with Gasteiger partial charge < -0.3 is 16.2 Å². The predicted molar refractivity (Wildman–Crippen MR) is 57.7 cm³/mol. The SMILES string of the molecule is NCC(CO)Nc1ccc(Br)cc1. The van der Waals surface area contributed by atoms with Crippen molar-refractivity contribution in [3.63, 3.8) is 0 Å². The summed E-state index contributed by atoms with van der Waals surface area (Å²) in [6.45, 7) is 0.471. The summed E-state index contributed by atoms with van der Waals surface area (Å²) < 4.78 is 1.03. The maximum Gasteiger partial charge on any atom is 0.0645 e. The van der Waals surface area contributed by atoms with E-state index in [1.54, 1.807) is 0 Å². The number of nitrogens with one attached hydrogen (secondary N) is 1. The third-order valence-corrected chi connectivity index (χ3v) is 2.25. The smallest absolute Gasteiger partial charge is 0.0645 e. The molecule has 4 N–H and O–H groups in total. The van der Waals surface area contributed by atoms with Gasteiger partial charge in [-0.25, -0.2) is 0 Å². The van der Waals surface area contributed by atoms with Crippen LogP contribution in [0.5, 0.6) is 0 Å². The lowest BCUT2D eigenvalue weighted by Gasteiger charge is -2.14. The molecule has 0 heterocycles. The molecule has 0 fully saturated rings. The van der Waals surface area contributed by atoms with Gasteiger partial charge in [0, 0.05) is 16.7 Å². The van der Waals surface area contributed by atoms with E-state index in [1.807, 2.05) is 24.3 Å². The number of anilines is 1.